The van der Waals surface area contributed by atoms with Gasteiger partial charge in [-0.1, -0.05) is 12.1 Å². The van der Waals surface area contributed by atoms with Gasteiger partial charge in [0.2, 0.25) is 10.0 Å². The fraction of sp³-hybridized carbons (Fsp3) is 0.455. The molecular weight excluding hydrogens is 293 g/mol. The fourth-order valence-corrected chi connectivity index (χ4v) is 5.06. The molecule has 2 rings (SSSR count). The van der Waals surface area contributed by atoms with Gasteiger partial charge in [-0.15, -0.1) is 0 Å². The Morgan fingerprint density at radius 3 is 2.58 bits per heavy atom. The van der Waals surface area contributed by atoms with Crippen LogP contribution in [0.3, 0.4) is 0 Å². The highest BCUT2D eigenvalue weighted by Crippen LogP contribution is 2.19. The van der Waals surface area contributed by atoms with Crippen LogP contribution in [0.25, 0.3) is 0 Å². The Morgan fingerprint density at radius 1 is 1.32 bits per heavy atom. The van der Waals surface area contributed by atoms with Crippen LogP contribution < -0.4 is 4.72 Å². The quantitative estimate of drug-likeness (QED) is 0.880. The third-order valence-corrected chi connectivity index (χ3v) is 6.31. The van der Waals surface area contributed by atoms with Crippen molar-refractivity contribution in [2.45, 2.75) is 11.3 Å². The van der Waals surface area contributed by atoms with Crippen LogP contribution >= 0.6 is 0 Å². The summed E-state index contributed by atoms with van der Waals surface area (Å²) in [6.45, 7) is 0.00982. The van der Waals surface area contributed by atoms with Gasteiger partial charge in [-0.25, -0.2) is 25.9 Å². The summed E-state index contributed by atoms with van der Waals surface area (Å²) in [7, 11) is -6.98. The van der Waals surface area contributed by atoms with Crippen molar-refractivity contribution in [1.29, 1.82) is 0 Å². The van der Waals surface area contributed by atoms with Crippen molar-refractivity contribution >= 4 is 19.9 Å². The Balaban J connectivity index is 2.05. The van der Waals surface area contributed by atoms with E-state index in [2.05, 4.69) is 4.72 Å². The van der Waals surface area contributed by atoms with E-state index in [1.54, 1.807) is 0 Å². The van der Waals surface area contributed by atoms with Crippen LogP contribution in [0.5, 0.6) is 0 Å². The molecule has 0 aromatic heterocycles. The van der Waals surface area contributed by atoms with E-state index in [9.17, 15) is 21.2 Å². The maximum atomic E-state index is 13.4. The minimum atomic E-state index is -3.94. The molecule has 106 valence electrons. The monoisotopic (exact) mass is 307 g/mol. The molecule has 1 aromatic carbocycles. The normalized spacial score (nSPS) is 22.5. The molecule has 8 heteroatoms. The average Bonchev–Trinajstić information content (AvgIpc) is 2.67. The number of rotatable bonds is 4. The lowest BCUT2D eigenvalue weighted by Crippen LogP contribution is -2.30. The summed E-state index contributed by atoms with van der Waals surface area (Å²) in [5.74, 6) is -1.01. The number of nitrogens with one attached hydrogen (secondary N) is 1. The zero-order valence-electron chi connectivity index (χ0n) is 10.0. The second-order valence-electron chi connectivity index (χ2n) is 4.55. The predicted molar refractivity (Wildman–Crippen MR) is 68.3 cm³/mol. The summed E-state index contributed by atoms with van der Waals surface area (Å²) in [6.07, 6.45) is 0.433. The van der Waals surface area contributed by atoms with E-state index in [0.717, 1.165) is 6.07 Å². The van der Waals surface area contributed by atoms with E-state index in [1.807, 2.05) is 0 Å². The van der Waals surface area contributed by atoms with Crippen molar-refractivity contribution in [3.63, 3.8) is 0 Å². The van der Waals surface area contributed by atoms with Gasteiger partial charge in [0.05, 0.1) is 11.5 Å². The van der Waals surface area contributed by atoms with Gasteiger partial charge in [0, 0.05) is 6.54 Å². The molecule has 1 heterocycles. The average molecular weight is 307 g/mol. The Labute approximate surface area is 111 Å². The van der Waals surface area contributed by atoms with Crippen LogP contribution in [-0.4, -0.2) is 34.9 Å². The van der Waals surface area contributed by atoms with Crippen molar-refractivity contribution in [1.82, 2.24) is 4.72 Å². The van der Waals surface area contributed by atoms with Crippen molar-refractivity contribution in [2.24, 2.45) is 5.92 Å². The number of sulfone groups is 1. The highest BCUT2D eigenvalue weighted by atomic mass is 32.2. The Bertz CT molecular complexity index is 670. The molecule has 1 aromatic rings. The molecule has 5 nitrogen and oxygen atoms in total. The maximum absolute atomic E-state index is 13.4. The first-order valence-electron chi connectivity index (χ1n) is 5.75. The fourth-order valence-electron chi connectivity index (χ4n) is 2.00. The molecule has 1 aliphatic heterocycles. The second kappa shape index (κ2) is 5.18. The number of hydrogen-bond acceptors (Lipinski definition) is 4. The van der Waals surface area contributed by atoms with Gasteiger partial charge in [0.15, 0.2) is 9.84 Å². The van der Waals surface area contributed by atoms with Crippen LogP contribution in [-0.2, 0) is 19.9 Å². The predicted octanol–water partition coefficient (Wildman–Crippen LogP) is 0.539. The van der Waals surface area contributed by atoms with Gasteiger partial charge in [-0.2, -0.15) is 0 Å². The zero-order valence-corrected chi connectivity index (χ0v) is 11.7. The SMILES string of the molecule is O=S1(=O)CC[C@@H](CNS(=O)(=O)c2ccccc2F)C1. The number of hydrogen-bond donors (Lipinski definition) is 1. The first-order valence-corrected chi connectivity index (χ1v) is 9.05. The smallest absolute Gasteiger partial charge is 0.229 e. The summed E-state index contributed by atoms with van der Waals surface area (Å²) in [5, 5.41) is 0. The van der Waals surface area contributed by atoms with Crippen LogP contribution in [0.2, 0.25) is 0 Å². The summed E-state index contributed by atoms with van der Waals surface area (Å²) < 4.78 is 61.9. The molecule has 0 unspecified atom stereocenters. The first kappa shape index (κ1) is 14.4. The highest BCUT2D eigenvalue weighted by molar-refractivity contribution is 7.91. The topological polar surface area (TPSA) is 80.3 Å². The number of benzene rings is 1. The van der Waals surface area contributed by atoms with Crippen molar-refractivity contribution in [3.05, 3.63) is 30.1 Å². The summed E-state index contributed by atoms with van der Waals surface area (Å²) in [5.41, 5.74) is 0. The van der Waals surface area contributed by atoms with E-state index in [0.29, 0.717) is 6.42 Å². The molecule has 1 saturated heterocycles. The number of halogens is 1. The van der Waals surface area contributed by atoms with E-state index >= 15 is 0 Å². The highest BCUT2D eigenvalue weighted by Gasteiger charge is 2.29. The molecule has 0 aliphatic carbocycles. The van der Waals surface area contributed by atoms with Gasteiger partial charge < -0.3 is 0 Å². The van der Waals surface area contributed by atoms with Crippen LogP contribution in [0.4, 0.5) is 4.39 Å². The molecule has 1 fully saturated rings. The van der Waals surface area contributed by atoms with Gasteiger partial charge in [0.1, 0.15) is 10.7 Å². The Morgan fingerprint density at radius 2 is 2.00 bits per heavy atom. The summed E-state index contributed by atoms with van der Waals surface area (Å²) in [4.78, 5) is -0.421. The Kier molecular flexibility index (Phi) is 3.93. The summed E-state index contributed by atoms with van der Waals surface area (Å²) >= 11 is 0. The lowest BCUT2D eigenvalue weighted by Gasteiger charge is -2.10. The summed E-state index contributed by atoms with van der Waals surface area (Å²) in [6, 6.07) is 5.06. The van der Waals surface area contributed by atoms with Gasteiger partial charge in [0.25, 0.3) is 0 Å². The van der Waals surface area contributed by atoms with Crippen LogP contribution in [0, 0.1) is 11.7 Å². The maximum Gasteiger partial charge on any atom is 0.243 e. The molecule has 0 bridgehead atoms. The van der Waals surface area contributed by atoms with Crippen molar-refractivity contribution < 1.29 is 21.2 Å². The zero-order chi connectivity index (χ0) is 14.1. The van der Waals surface area contributed by atoms with Crippen LogP contribution in [0.15, 0.2) is 29.2 Å². The molecule has 0 amide bonds. The van der Waals surface area contributed by atoms with Gasteiger partial charge in [-0.05, 0) is 24.5 Å². The van der Waals surface area contributed by atoms with E-state index in [4.69, 9.17) is 0 Å². The molecule has 19 heavy (non-hydrogen) atoms. The van der Waals surface area contributed by atoms with Gasteiger partial charge >= 0.3 is 0 Å². The molecule has 0 radical (unpaired) electrons. The Hall–Kier alpha value is -0.990. The third kappa shape index (κ3) is 3.52. The number of sulfonamides is 1. The molecule has 1 aliphatic rings. The molecule has 0 spiro atoms. The molecule has 1 N–H and O–H groups in total. The lowest BCUT2D eigenvalue weighted by atomic mass is 10.1. The van der Waals surface area contributed by atoms with Gasteiger partial charge in [-0.3, -0.25) is 0 Å². The standard InChI is InChI=1S/C11H14FNO4S2/c12-10-3-1-2-4-11(10)19(16,17)13-7-9-5-6-18(14,15)8-9/h1-4,9,13H,5-8H2/t9-/m0/s1. The van der Waals surface area contributed by atoms with Crippen LogP contribution in [0.1, 0.15) is 6.42 Å². The second-order valence-corrected chi connectivity index (χ2v) is 8.52. The molecule has 1 atom stereocenters. The van der Waals surface area contributed by atoms with Crippen molar-refractivity contribution in [3.8, 4) is 0 Å². The van der Waals surface area contributed by atoms with Crippen molar-refractivity contribution in [2.75, 3.05) is 18.1 Å². The molecular formula is C11H14FNO4S2. The largest absolute Gasteiger partial charge is 0.243 e. The molecule has 0 saturated carbocycles. The van der Waals surface area contributed by atoms with E-state index in [1.165, 1.54) is 18.2 Å². The minimum Gasteiger partial charge on any atom is -0.229 e. The lowest BCUT2D eigenvalue weighted by molar-refractivity contribution is 0.532. The first-order chi connectivity index (χ1) is 8.80. The minimum absolute atomic E-state index is 0.00982. The van der Waals surface area contributed by atoms with E-state index in [-0.39, 0.29) is 24.0 Å². The third-order valence-electron chi connectivity index (χ3n) is 3.01. The van der Waals surface area contributed by atoms with E-state index < -0.39 is 30.6 Å².